The van der Waals surface area contributed by atoms with E-state index in [1.807, 2.05) is 46.8 Å². The van der Waals surface area contributed by atoms with Crippen LogP contribution >= 0.6 is 0 Å². The van der Waals surface area contributed by atoms with E-state index in [-0.39, 0.29) is 12.1 Å². The number of carbonyl (C=O) groups excluding carboxylic acids is 1. The largest absolute Gasteiger partial charge is 0.507 e. The van der Waals surface area contributed by atoms with Crippen LogP contribution in [0.15, 0.2) is 12.1 Å². The Kier molecular flexibility index (Phi) is 6.33. The predicted molar refractivity (Wildman–Crippen MR) is 99.8 cm³/mol. The van der Waals surface area contributed by atoms with Crippen molar-refractivity contribution in [1.82, 2.24) is 10.6 Å². The van der Waals surface area contributed by atoms with Gasteiger partial charge in [-0.2, -0.15) is 0 Å². The first-order valence-electron chi connectivity index (χ1n) is 9.16. The Morgan fingerprint density at radius 1 is 1.12 bits per heavy atom. The van der Waals surface area contributed by atoms with Gasteiger partial charge in [0.05, 0.1) is 0 Å². The molecule has 25 heavy (non-hydrogen) atoms. The maximum Gasteiger partial charge on any atom is 0.407 e. The molecule has 0 saturated heterocycles. The summed E-state index contributed by atoms with van der Waals surface area (Å²) in [6.07, 6.45) is 3.68. The van der Waals surface area contributed by atoms with Crippen LogP contribution < -0.4 is 10.6 Å². The maximum absolute atomic E-state index is 11.8. The van der Waals surface area contributed by atoms with Gasteiger partial charge in [-0.15, -0.1) is 0 Å². The zero-order valence-corrected chi connectivity index (χ0v) is 16.1. The van der Waals surface area contributed by atoms with Crippen LogP contribution in [-0.2, 0) is 11.3 Å². The van der Waals surface area contributed by atoms with E-state index in [2.05, 4.69) is 10.6 Å². The Bertz CT molecular complexity index is 576. The Morgan fingerprint density at radius 3 is 2.16 bits per heavy atom. The highest BCUT2D eigenvalue weighted by Gasteiger charge is 2.24. The summed E-state index contributed by atoms with van der Waals surface area (Å²) in [5.41, 5.74) is 2.58. The molecule has 0 heterocycles. The van der Waals surface area contributed by atoms with Crippen LogP contribution in [-0.4, -0.2) is 28.9 Å². The number of aromatic hydroxyl groups is 1. The molecule has 0 spiro atoms. The van der Waals surface area contributed by atoms with Gasteiger partial charge in [-0.3, -0.25) is 0 Å². The summed E-state index contributed by atoms with van der Waals surface area (Å²) in [5.74, 6) is 0.387. The highest BCUT2D eigenvalue weighted by Crippen LogP contribution is 2.24. The number of rotatable bonds is 4. The van der Waals surface area contributed by atoms with Crippen LogP contribution in [0.4, 0.5) is 4.79 Å². The molecule has 5 heteroatoms. The molecule has 140 valence electrons. The summed E-state index contributed by atoms with van der Waals surface area (Å²) in [6, 6.07) is 4.73. The number of carbonyl (C=O) groups is 1. The number of hydrogen-bond donors (Lipinski definition) is 3. The summed E-state index contributed by atoms with van der Waals surface area (Å²) < 4.78 is 5.32. The minimum atomic E-state index is -0.455. The van der Waals surface area contributed by atoms with E-state index in [1.54, 1.807) is 0 Å². The van der Waals surface area contributed by atoms with Crippen LogP contribution in [0.25, 0.3) is 0 Å². The van der Waals surface area contributed by atoms with E-state index in [9.17, 15) is 9.90 Å². The van der Waals surface area contributed by atoms with Crippen molar-refractivity contribution in [2.75, 3.05) is 0 Å². The third-order valence-corrected chi connectivity index (χ3v) is 4.59. The number of ether oxygens (including phenoxy) is 1. The van der Waals surface area contributed by atoms with Gasteiger partial charge in [0.25, 0.3) is 0 Å². The molecule has 1 amide bonds. The minimum absolute atomic E-state index is 0.200. The molecule has 0 aromatic heterocycles. The second kappa shape index (κ2) is 8.09. The molecule has 5 nitrogen and oxygen atoms in total. The van der Waals surface area contributed by atoms with E-state index in [0.717, 1.165) is 43.4 Å². The number of hydrogen-bond acceptors (Lipinski definition) is 4. The molecule has 0 radical (unpaired) electrons. The van der Waals surface area contributed by atoms with Gasteiger partial charge < -0.3 is 20.5 Å². The Morgan fingerprint density at radius 2 is 1.64 bits per heavy atom. The highest BCUT2D eigenvalue weighted by atomic mass is 16.6. The molecular formula is C20H32N2O3. The third kappa shape index (κ3) is 6.24. The quantitative estimate of drug-likeness (QED) is 0.771. The number of benzene rings is 1. The smallest absolute Gasteiger partial charge is 0.407 e. The van der Waals surface area contributed by atoms with Gasteiger partial charge >= 0.3 is 6.09 Å². The van der Waals surface area contributed by atoms with E-state index < -0.39 is 5.60 Å². The SMILES string of the molecule is Cc1cc(CNC2CCC(NC(=O)OC(C)(C)C)CC2)cc(C)c1O. The molecule has 1 aromatic rings. The molecular weight excluding hydrogens is 316 g/mol. The van der Waals surface area contributed by atoms with E-state index in [1.165, 1.54) is 5.56 Å². The number of amides is 1. The van der Waals surface area contributed by atoms with Crippen molar-refractivity contribution < 1.29 is 14.6 Å². The average molecular weight is 348 g/mol. The lowest BCUT2D eigenvalue weighted by Crippen LogP contribution is -2.43. The van der Waals surface area contributed by atoms with Gasteiger partial charge in [0.2, 0.25) is 0 Å². The van der Waals surface area contributed by atoms with E-state index in [0.29, 0.717) is 11.8 Å². The van der Waals surface area contributed by atoms with Crippen molar-refractivity contribution in [1.29, 1.82) is 0 Å². The number of nitrogens with one attached hydrogen (secondary N) is 2. The molecule has 0 bridgehead atoms. The third-order valence-electron chi connectivity index (χ3n) is 4.59. The lowest BCUT2D eigenvalue weighted by molar-refractivity contribution is 0.0489. The number of aryl methyl sites for hydroxylation is 2. The molecule has 0 aliphatic heterocycles. The van der Waals surface area contributed by atoms with Crippen molar-refractivity contribution in [3.05, 3.63) is 28.8 Å². The Balaban J connectivity index is 1.75. The number of phenols is 1. The topological polar surface area (TPSA) is 70.6 Å². The summed E-state index contributed by atoms with van der Waals surface area (Å²) in [5, 5.41) is 16.4. The van der Waals surface area contributed by atoms with Crippen molar-refractivity contribution >= 4 is 6.09 Å². The van der Waals surface area contributed by atoms with Gasteiger partial charge in [0.15, 0.2) is 0 Å². The zero-order valence-electron chi connectivity index (χ0n) is 16.1. The molecule has 2 rings (SSSR count). The molecule has 1 aliphatic rings. The second-order valence-corrected chi connectivity index (χ2v) is 8.15. The minimum Gasteiger partial charge on any atom is -0.507 e. The molecule has 0 unspecified atom stereocenters. The maximum atomic E-state index is 11.8. The fourth-order valence-electron chi connectivity index (χ4n) is 3.33. The van der Waals surface area contributed by atoms with Crippen molar-refractivity contribution in [2.45, 2.75) is 84.5 Å². The average Bonchev–Trinajstić information content (AvgIpc) is 2.50. The molecule has 3 N–H and O–H groups in total. The second-order valence-electron chi connectivity index (χ2n) is 8.15. The summed E-state index contributed by atoms with van der Waals surface area (Å²) in [7, 11) is 0. The predicted octanol–water partition coefficient (Wildman–Crippen LogP) is 3.93. The number of alkyl carbamates (subject to hydrolysis) is 1. The van der Waals surface area contributed by atoms with Crippen molar-refractivity contribution in [3.63, 3.8) is 0 Å². The zero-order chi connectivity index (χ0) is 18.6. The van der Waals surface area contributed by atoms with Gasteiger partial charge in [-0.1, -0.05) is 12.1 Å². The fraction of sp³-hybridized carbons (Fsp3) is 0.650. The molecule has 1 fully saturated rings. The van der Waals surface area contributed by atoms with Gasteiger partial charge in [0, 0.05) is 18.6 Å². The van der Waals surface area contributed by atoms with Gasteiger partial charge in [-0.25, -0.2) is 4.79 Å². The summed E-state index contributed by atoms with van der Waals surface area (Å²) >= 11 is 0. The van der Waals surface area contributed by atoms with Crippen LogP contribution in [0.5, 0.6) is 5.75 Å². The summed E-state index contributed by atoms with van der Waals surface area (Å²) in [4.78, 5) is 11.8. The first-order valence-corrected chi connectivity index (χ1v) is 9.16. The van der Waals surface area contributed by atoms with Crippen LogP contribution in [0.2, 0.25) is 0 Å². The van der Waals surface area contributed by atoms with E-state index in [4.69, 9.17) is 4.74 Å². The Hall–Kier alpha value is -1.75. The molecule has 1 aromatic carbocycles. The van der Waals surface area contributed by atoms with Crippen LogP contribution in [0, 0.1) is 13.8 Å². The van der Waals surface area contributed by atoms with Gasteiger partial charge in [0.1, 0.15) is 11.4 Å². The van der Waals surface area contributed by atoms with Crippen molar-refractivity contribution in [2.24, 2.45) is 0 Å². The Labute approximate surface area is 151 Å². The first-order chi connectivity index (χ1) is 11.6. The molecule has 1 aliphatic carbocycles. The van der Waals surface area contributed by atoms with Crippen molar-refractivity contribution in [3.8, 4) is 5.75 Å². The molecule has 1 saturated carbocycles. The molecule has 0 atom stereocenters. The lowest BCUT2D eigenvalue weighted by Gasteiger charge is -2.30. The first kappa shape index (κ1) is 19.6. The van der Waals surface area contributed by atoms with Crippen LogP contribution in [0.1, 0.15) is 63.1 Å². The number of phenolic OH excluding ortho intramolecular Hbond substituents is 1. The monoisotopic (exact) mass is 348 g/mol. The van der Waals surface area contributed by atoms with Crippen LogP contribution in [0.3, 0.4) is 0 Å². The van der Waals surface area contributed by atoms with Gasteiger partial charge in [-0.05, 0) is 77.0 Å². The van der Waals surface area contributed by atoms with E-state index >= 15 is 0 Å². The highest BCUT2D eigenvalue weighted by molar-refractivity contribution is 5.68. The summed E-state index contributed by atoms with van der Waals surface area (Å²) in [6.45, 7) is 10.3. The lowest BCUT2D eigenvalue weighted by atomic mass is 9.91. The standard InChI is InChI=1S/C20H32N2O3/c1-13-10-15(11-14(2)18(13)23)12-21-16-6-8-17(9-7-16)22-19(24)25-20(3,4)5/h10-11,16-17,21,23H,6-9,12H2,1-5H3,(H,22,24). The fourth-order valence-corrected chi connectivity index (χ4v) is 3.33. The normalized spacial score (nSPS) is 21.0.